The van der Waals surface area contributed by atoms with Crippen LogP contribution >= 0.6 is 0 Å². The molecule has 7 heteroatoms. The van der Waals surface area contributed by atoms with Crippen LogP contribution in [-0.4, -0.2) is 50.6 Å². The van der Waals surface area contributed by atoms with E-state index in [1.54, 1.807) is 30.5 Å². The fourth-order valence-corrected chi connectivity index (χ4v) is 3.48. The maximum Gasteiger partial charge on any atom is 0.416 e. The van der Waals surface area contributed by atoms with Crippen LogP contribution in [0.2, 0.25) is 0 Å². The molecule has 148 valence electrons. The molecule has 2 aromatic rings. The third-order valence-electron chi connectivity index (χ3n) is 5.02. The summed E-state index contributed by atoms with van der Waals surface area (Å²) in [6, 6.07) is 9.58. The molecule has 0 aliphatic carbocycles. The van der Waals surface area contributed by atoms with E-state index in [0.717, 1.165) is 44.0 Å². The molecule has 0 atom stereocenters. The van der Waals surface area contributed by atoms with Gasteiger partial charge in [0.15, 0.2) is 0 Å². The standard InChI is InChI=1S/C21H21F3N2O2/c22-21(23,24)17-11-16-13-25-14-20(16)19(12-17)15-1-3-18(4-2-15)28-10-7-26-5-8-27-9-6-26/h1-4,11-12,14H,5-10,13H2. The zero-order valence-corrected chi connectivity index (χ0v) is 15.3. The number of benzene rings is 2. The van der Waals surface area contributed by atoms with Gasteiger partial charge in [0.05, 0.1) is 25.3 Å². The quantitative estimate of drug-likeness (QED) is 0.774. The van der Waals surface area contributed by atoms with Gasteiger partial charge in [0.1, 0.15) is 12.4 Å². The number of ether oxygens (including phenoxy) is 2. The number of hydrogen-bond acceptors (Lipinski definition) is 4. The minimum Gasteiger partial charge on any atom is -0.492 e. The Kier molecular flexibility index (Phi) is 5.37. The van der Waals surface area contributed by atoms with Gasteiger partial charge in [0.25, 0.3) is 0 Å². The number of halogens is 3. The van der Waals surface area contributed by atoms with Gasteiger partial charge in [-0.25, -0.2) is 0 Å². The molecule has 1 fully saturated rings. The number of hydrogen-bond donors (Lipinski definition) is 0. The van der Waals surface area contributed by atoms with E-state index in [2.05, 4.69) is 9.89 Å². The summed E-state index contributed by atoms with van der Waals surface area (Å²) in [6.07, 6.45) is -2.73. The van der Waals surface area contributed by atoms with Crippen molar-refractivity contribution in [3.8, 4) is 16.9 Å². The first-order valence-electron chi connectivity index (χ1n) is 9.28. The summed E-state index contributed by atoms with van der Waals surface area (Å²) in [4.78, 5) is 6.41. The van der Waals surface area contributed by atoms with E-state index in [0.29, 0.717) is 23.5 Å². The van der Waals surface area contributed by atoms with E-state index in [1.165, 1.54) is 12.1 Å². The number of morpholine rings is 1. The maximum atomic E-state index is 13.2. The number of rotatable bonds is 5. The van der Waals surface area contributed by atoms with E-state index in [1.807, 2.05) is 0 Å². The molecule has 2 aromatic carbocycles. The van der Waals surface area contributed by atoms with Gasteiger partial charge in [0.2, 0.25) is 0 Å². The van der Waals surface area contributed by atoms with Gasteiger partial charge in [-0.2, -0.15) is 13.2 Å². The topological polar surface area (TPSA) is 34.1 Å². The molecule has 0 aromatic heterocycles. The highest BCUT2D eigenvalue weighted by Gasteiger charge is 2.32. The molecule has 0 saturated carbocycles. The maximum absolute atomic E-state index is 13.2. The lowest BCUT2D eigenvalue weighted by atomic mass is 9.94. The molecule has 1 saturated heterocycles. The molecule has 0 unspecified atom stereocenters. The zero-order chi connectivity index (χ0) is 19.6. The Morgan fingerprint density at radius 2 is 1.82 bits per heavy atom. The smallest absolute Gasteiger partial charge is 0.416 e. The highest BCUT2D eigenvalue weighted by molar-refractivity contribution is 5.94. The number of fused-ring (bicyclic) bond motifs is 1. The second-order valence-corrected chi connectivity index (χ2v) is 6.89. The second-order valence-electron chi connectivity index (χ2n) is 6.89. The lowest BCUT2D eigenvalue weighted by molar-refractivity contribution is -0.137. The van der Waals surface area contributed by atoms with Crippen molar-refractivity contribution in [2.24, 2.45) is 4.99 Å². The monoisotopic (exact) mass is 390 g/mol. The summed E-state index contributed by atoms with van der Waals surface area (Å²) in [6.45, 7) is 4.98. The largest absolute Gasteiger partial charge is 0.492 e. The number of aliphatic imine (C=N–C) groups is 1. The van der Waals surface area contributed by atoms with Gasteiger partial charge in [-0.15, -0.1) is 0 Å². The van der Waals surface area contributed by atoms with Crippen LogP contribution in [0.3, 0.4) is 0 Å². The predicted molar refractivity (Wildman–Crippen MR) is 101 cm³/mol. The first-order chi connectivity index (χ1) is 13.5. The van der Waals surface area contributed by atoms with Crippen molar-refractivity contribution >= 4 is 6.21 Å². The average Bonchev–Trinajstić information content (AvgIpc) is 3.17. The van der Waals surface area contributed by atoms with Gasteiger partial charge < -0.3 is 9.47 Å². The van der Waals surface area contributed by atoms with Crippen LogP contribution in [0.5, 0.6) is 5.75 Å². The SMILES string of the molecule is FC(F)(F)c1cc2c(c(-c3ccc(OCCN4CCOCC4)cc3)c1)C=NC2. The molecular formula is C21H21F3N2O2. The summed E-state index contributed by atoms with van der Waals surface area (Å²) in [5.74, 6) is 0.703. The second kappa shape index (κ2) is 7.93. The van der Waals surface area contributed by atoms with Gasteiger partial charge in [-0.1, -0.05) is 12.1 Å². The van der Waals surface area contributed by atoms with Crippen LogP contribution in [0.15, 0.2) is 41.4 Å². The Bertz CT molecular complexity index is 857. The molecule has 0 spiro atoms. The lowest BCUT2D eigenvalue weighted by Gasteiger charge is -2.26. The van der Waals surface area contributed by atoms with E-state index in [-0.39, 0.29) is 6.54 Å². The molecule has 0 amide bonds. The Labute approximate surface area is 161 Å². The third-order valence-corrected chi connectivity index (χ3v) is 5.02. The molecule has 0 N–H and O–H groups in total. The van der Waals surface area contributed by atoms with E-state index in [4.69, 9.17) is 9.47 Å². The molecule has 4 nitrogen and oxygen atoms in total. The van der Waals surface area contributed by atoms with Crippen molar-refractivity contribution in [2.45, 2.75) is 12.7 Å². The molecule has 2 heterocycles. The molecular weight excluding hydrogens is 369 g/mol. The van der Waals surface area contributed by atoms with Crippen molar-refractivity contribution in [3.05, 3.63) is 53.1 Å². The number of alkyl halides is 3. The molecule has 28 heavy (non-hydrogen) atoms. The Balaban J connectivity index is 1.48. The van der Waals surface area contributed by atoms with Gasteiger partial charge in [-0.05, 0) is 41.0 Å². The van der Waals surface area contributed by atoms with E-state index in [9.17, 15) is 13.2 Å². The fraction of sp³-hybridized carbons (Fsp3) is 0.381. The van der Waals surface area contributed by atoms with Crippen LogP contribution < -0.4 is 4.74 Å². The Morgan fingerprint density at radius 3 is 2.54 bits per heavy atom. The third kappa shape index (κ3) is 4.20. The van der Waals surface area contributed by atoms with Crippen LogP contribution in [0.1, 0.15) is 16.7 Å². The minimum absolute atomic E-state index is 0.287. The number of nitrogens with zero attached hydrogens (tertiary/aromatic N) is 2. The molecule has 2 aliphatic rings. The summed E-state index contributed by atoms with van der Waals surface area (Å²) >= 11 is 0. The van der Waals surface area contributed by atoms with Gasteiger partial charge in [-0.3, -0.25) is 9.89 Å². The molecule has 0 bridgehead atoms. The van der Waals surface area contributed by atoms with Crippen LogP contribution in [0, 0.1) is 0 Å². The zero-order valence-electron chi connectivity index (χ0n) is 15.3. The predicted octanol–water partition coefficient (Wildman–Crippen LogP) is 4.02. The van der Waals surface area contributed by atoms with E-state index >= 15 is 0 Å². The van der Waals surface area contributed by atoms with Gasteiger partial charge >= 0.3 is 6.18 Å². The summed E-state index contributed by atoms with van der Waals surface area (Å²) in [5, 5.41) is 0. The molecule has 2 aliphatic heterocycles. The Hall–Kier alpha value is -2.38. The van der Waals surface area contributed by atoms with Crippen LogP contribution in [0.25, 0.3) is 11.1 Å². The minimum atomic E-state index is -4.38. The Morgan fingerprint density at radius 1 is 1.07 bits per heavy atom. The van der Waals surface area contributed by atoms with Crippen LogP contribution in [0.4, 0.5) is 13.2 Å². The van der Waals surface area contributed by atoms with E-state index < -0.39 is 11.7 Å². The van der Waals surface area contributed by atoms with Gasteiger partial charge in [0, 0.05) is 31.4 Å². The van der Waals surface area contributed by atoms with Crippen molar-refractivity contribution in [1.82, 2.24) is 4.90 Å². The van der Waals surface area contributed by atoms with Crippen molar-refractivity contribution < 1.29 is 22.6 Å². The summed E-state index contributed by atoms with van der Waals surface area (Å²) in [7, 11) is 0. The first-order valence-corrected chi connectivity index (χ1v) is 9.28. The summed E-state index contributed by atoms with van der Waals surface area (Å²) < 4.78 is 50.8. The lowest BCUT2D eigenvalue weighted by Crippen LogP contribution is -2.38. The van der Waals surface area contributed by atoms with Crippen molar-refractivity contribution in [3.63, 3.8) is 0 Å². The fourth-order valence-electron chi connectivity index (χ4n) is 3.48. The van der Waals surface area contributed by atoms with Crippen molar-refractivity contribution in [2.75, 3.05) is 39.5 Å². The molecule has 0 radical (unpaired) electrons. The first kappa shape index (κ1) is 19.0. The molecule has 4 rings (SSSR count). The highest BCUT2D eigenvalue weighted by Crippen LogP contribution is 2.37. The van der Waals surface area contributed by atoms with Crippen molar-refractivity contribution in [1.29, 1.82) is 0 Å². The summed E-state index contributed by atoms with van der Waals surface area (Å²) in [5.41, 5.74) is 1.99. The normalized spacial score (nSPS) is 17.0. The van der Waals surface area contributed by atoms with Crippen LogP contribution in [-0.2, 0) is 17.5 Å². The highest BCUT2D eigenvalue weighted by atomic mass is 19.4. The average molecular weight is 390 g/mol.